The minimum atomic E-state index is -1.24. The second-order valence-corrected chi connectivity index (χ2v) is 13.4. The Balaban J connectivity index is 0.00000243. The van der Waals surface area contributed by atoms with Crippen molar-refractivity contribution in [2.75, 3.05) is 18.4 Å². The van der Waals surface area contributed by atoms with E-state index in [1.807, 2.05) is 42.5 Å². The monoisotopic (exact) mass is 691 g/mol. The number of hydroxylamine groups is 1. The van der Waals surface area contributed by atoms with Gasteiger partial charge in [0.2, 0.25) is 11.8 Å². The van der Waals surface area contributed by atoms with E-state index in [1.165, 1.54) is 28.4 Å². The lowest BCUT2D eigenvalue weighted by Gasteiger charge is -2.26. The third-order valence-corrected chi connectivity index (χ3v) is 9.72. The van der Waals surface area contributed by atoms with Crippen LogP contribution >= 0.6 is 11.3 Å². The van der Waals surface area contributed by atoms with Gasteiger partial charge in [-0.1, -0.05) is 79.7 Å². The number of benzene rings is 3. The van der Waals surface area contributed by atoms with Gasteiger partial charge in [0.1, 0.15) is 23.5 Å². The quantitative estimate of drug-likeness (QED) is 0.0716. The molecule has 262 valence electrons. The summed E-state index contributed by atoms with van der Waals surface area (Å²) < 4.78 is 20.6. The van der Waals surface area contributed by atoms with E-state index in [0.717, 1.165) is 31.4 Å². The fraction of sp³-hybridized carbons (Fsp3) is 0.351. The zero-order chi connectivity index (χ0) is 34.2. The lowest BCUT2D eigenvalue weighted by Crippen LogP contribution is -2.56. The standard InChI is InChI=1S/C37H40FN5O5S.3H2/c1-2-3-4-5-8-13-25-22-37(25,35(46)42-48-28-16-11-7-12-17-28)41-34(45)31-21-29(47-36-40-30-19-18-26(38)20-32(30)49-36)24-43(31)33(44)23-39-27-14-9-6-10-15-27;;;/h6-20,25,29,31,39H,2-5,21-24H2,1H3,(H,41,45)(H,42,46);3*1H/b13-8-;;;/t25-,29?,31+,37-;;;/m1.../s1. The summed E-state index contributed by atoms with van der Waals surface area (Å²) in [6.45, 7) is 2.24. The molecule has 0 radical (unpaired) electrons. The Kier molecular flexibility index (Phi) is 10.7. The summed E-state index contributed by atoms with van der Waals surface area (Å²) in [6.07, 6.45) is 8.22. The lowest BCUT2D eigenvalue weighted by atomic mass is 10.1. The molecule has 12 heteroatoms. The topological polar surface area (TPSA) is 122 Å². The van der Waals surface area contributed by atoms with Gasteiger partial charge in [-0.25, -0.2) is 9.37 Å². The number of unbranched alkanes of at least 4 members (excludes halogenated alkanes) is 3. The largest absolute Gasteiger partial charge is 0.465 e. The molecule has 10 nitrogen and oxygen atoms in total. The van der Waals surface area contributed by atoms with Crippen LogP contribution in [0, 0.1) is 11.7 Å². The highest BCUT2D eigenvalue weighted by Crippen LogP contribution is 2.45. The number of rotatable bonds is 15. The average molecular weight is 692 g/mol. The predicted molar refractivity (Wildman–Crippen MR) is 193 cm³/mol. The van der Waals surface area contributed by atoms with Crippen molar-refractivity contribution in [1.29, 1.82) is 0 Å². The molecule has 4 atom stereocenters. The Bertz CT molecular complexity index is 1800. The number of thiazole rings is 1. The number of para-hydroxylation sites is 2. The molecule has 4 aromatic rings. The summed E-state index contributed by atoms with van der Waals surface area (Å²) in [7, 11) is 0. The van der Waals surface area contributed by atoms with Crippen LogP contribution in [0.15, 0.2) is 91.0 Å². The zero-order valence-corrected chi connectivity index (χ0v) is 28.1. The van der Waals surface area contributed by atoms with Gasteiger partial charge in [0.25, 0.3) is 11.1 Å². The van der Waals surface area contributed by atoms with Gasteiger partial charge in [0, 0.05) is 22.3 Å². The van der Waals surface area contributed by atoms with Gasteiger partial charge in [0.05, 0.1) is 23.3 Å². The number of carbonyl (C=O) groups is 3. The number of allylic oxidation sites excluding steroid dienone is 1. The highest BCUT2D eigenvalue weighted by Gasteiger charge is 2.61. The normalized spacial score (nSPS) is 21.4. The molecule has 6 rings (SSSR count). The van der Waals surface area contributed by atoms with E-state index in [4.69, 9.17) is 9.57 Å². The van der Waals surface area contributed by atoms with E-state index >= 15 is 0 Å². The van der Waals surface area contributed by atoms with Crippen molar-refractivity contribution >= 4 is 45.0 Å². The molecular weight excluding hydrogens is 646 g/mol. The van der Waals surface area contributed by atoms with Gasteiger partial charge in [-0.2, -0.15) is 5.48 Å². The molecule has 49 heavy (non-hydrogen) atoms. The van der Waals surface area contributed by atoms with Gasteiger partial charge in [-0.3, -0.25) is 14.4 Å². The van der Waals surface area contributed by atoms with Crippen LogP contribution in [-0.4, -0.2) is 58.4 Å². The van der Waals surface area contributed by atoms with Crippen molar-refractivity contribution in [2.24, 2.45) is 5.92 Å². The van der Waals surface area contributed by atoms with Crippen LogP contribution < -0.4 is 25.7 Å². The number of nitrogens with zero attached hydrogens (tertiary/aromatic N) is 2. The molecule has 3 amide bonds. The molecule has 2 aliphatic rings. The van der Waals surface area contributed by atoms with Crippen molar-refractivity contribution < 1.29 is 32.6 Å². The second kappa shape index (κ2) is 15.5. The molecule has 0 spiro atoms. The summed E-state index contributed by atoms with van der Waals surface area (Å²) in [4.78, 5) is 52.9. The van der Waals surface area contributed by atoms with Gasteiger partial charge in [0.15, 0.2) is 5.75 Å². The number of aromatic nitrogens is 1. The number of fused-ring (bicyclic) bond motifs is 1. The molecule has 1 saturated heterocycles. The van der Waals surface area contributed by atoms with Gasteiger partial charge in [-0.15, -0.1) is 0 Å². The maximum absolute atomic E-state index is 14.1. The number of carbonyl (C=O) groups excluding carboxylic acids is 3. The van der Waals surface area contributed by atoms with Crippen LogP contribution in [0.2, 0.25) is 0 Å². The number of amides is 3. The first-order chi connectivity index (χ1) is 23.8. The summed E-state index contributed by atoms with van der Waals surface area (Å²) >= 11 is 1.20. The molecule has 1 aliphatic heterocycles. The molecule has 3 aromatic carbocycles. The average Bonchev–Trinajstić information content (AvgIpc) is 3.41. The Hall–Kier alpha value is -4.97. The number of likely N-dealkylation sites (tertiary alicyclic amines) is 1. The Morgan fingerprint density at radius 3 is 2.63 bits per heavy atom. The van der Waals surface area contributed by atoms with Gasteiger partial charge < -0.3 is 25.1 Å². The zero-order valence-electron chi connectivity index (χ0n) is 27.3. The van der Waals surface area contributed by atoms with Crippen LogP contribution in [-0.2, 0) is 14.4 Å². The van der Waals surface area contributed by atoms with Crippen LogP contribution in [0.5, 0.6) is 10.9 Å². The molecular formula is C37H46FN5O5S. The molecule has 1 unspecified atom stereocenters. The second-order valence-electron chi connectivity index (χ2n) is 12.4. The van der Waals surface area contributed by atoms with Crippen molar-refractivity contribution in [1.82, 2.24) is 20.7 Å². The molecule has 2 fully saturated rings. The van der Waals surface area contributed by atoms with Crippen molar-refractivity contribution in [2.45, 2.75) is 63.1 Å². The van der Waals surface area contributed by atoms with Crippen molar-refractivity contribution in [3.63, 3.8) is 0 Å². The highest BCUT2D eigenvalue weighted by molar-refractivity contribution is 7.20. The first kappa shape index (κ1) is 33.9. The van der Waals surface area contributed by atoms with Crippen molar-refractivity contribution in [3.05, 3.63) is 96.8 Å². The third kappa shape index (κ3) is 8.37. The molecule has 0 bridgehead atoms. The van der Waals surface area contributed by atoms with Gasteiger partial charge in [-0.05, 0) is 61.7 Å². The Morgan fingerprint density at radius 2 is 1.86 bits per heavy atom. The van der Waals surface area contributed by atoms with E-state index in [-0.39, 0.29) is 41.4 Å². The van der Waals surface area contributed by atoms with Crippen LogP contribution in [0.4, 0.5) is 10.1 Å². The number of nitrogens with one attached hydrogen (secondary N) is 3. The Morgan fingerprint density at radius 1 is 1.08 bits per heavy atom. The number of hydrogen-bond donors (Lipinski definition) is 3. The molecule has 1 aliphatic carbocycles. The van der Waals surface area contributed by atoms with Crippen LogP contribution in [0.1, 0.15) is 49.7 Å². The minimum absolute atomic E-state index is 0. The molecule has 1 saturated carbocycles. The van der Waals surface area contributed by atoms with E-state index in [2.05, 4.69) is 34.1 Å². The Labute approximate surface area is 293 Å². The smallest absolute Gasteiger partial charge is 0.278 e. The number of ether oxygens (including phenoxy) is 1. The third-order valence-electron chi connectivity index (χ3n) is 8.82. The number of halogens is 1. The number of anilines is 1. The minimum Gasteiger partial charge on any atom is -0.465 e. The number of hydrogen-bond acceptors (Lipinski definition) is 8. The first-order valence-corrected chi connectivity index (χ1v) is 17.5. The molecule has 3 N–H and O–H groups in total. The molecule has 1 aromatic heterocycles. The summed E-state index contributed by atoms with van der Waals surface area (Å²) in [5.74, 6) is -1.37. The first-order valence-electron chi connectivity index (χ1n) is 16.7. The highest BCUT2D eigenvalue weighted by atomic mass is 32.1. The summed E-state index contributed by atoms with van der Waals surface area (Å²) in [6, 6.07) is 21.6. The maximum atomic E-state index is 14.1. The lowest BCUT2D eigenvalue weighted by molar-refractivity contribution is -0.140. The maximum Gasteiger partial charge on any atom is 0.278 e. The van der Waals surface area contributed by atoms with E-state index in [1.54, 1.807) is 30.3 Å². The SMILES string of the molecule is CCCCC/C=C\[C@@H]1C[C@]1(NC(=O)[C@@H]1CC(Oc2nc3ccc(F)cc3s2)CN1C(=O)CNc1ccccc1)C(=O)NOc1ccccc1.[HH].[HH].[HH]. The van der Waals surface area contributed by atoms with Crippen LogP contribution in [0.3, 0.4) is 0 Å². The van der Waals surface area contributed by atoms with E-state index < -0.39 is 29.5 Å². The molecule has 2 heterocycles. The summed E-state index contributed by atoms with van der Waals surface area (Å²) in [5, 5.41) is 6.46. The van der Waals surface area contributed by atoms with E-state index in [0.29, 0.717) is 27.6 Å². The van der Waals surface area contributed by atoms with Crippen molar-refractivity contribution in [3.8, 4) is 10.9 Å². The predicted octanol–water partition coefficient (Wildman–Crippen LogP) is 6.76. The van der Waals surface area contributed by atoms with Gasteiger partial charge >= 0.3 is 0 Å². The fourth-order valence-electron chi connectivity index (χ4n) is 6.06. The summed E-state index contributed by atoms with van der Waals surface area (Å²) in [5.41, 5.74) is 2.67. The van der Waals surface area contributed by atoms with E-state index in [9.17, 15) is 18.8 Å². The fourth-order valence-corrected chi connectivity index (χ4v) is 6.96. The van der Waals surface area contributed by atoms with Crippen LogP contribution in [0.25, 0.3) is 10.2 Å².